The molecule has 2 radical (unpaired) electrons. The van der Waals surface area contributed by atoms with Crippen LogP contribution in [0.3, 0.4) is 0 Å². The van der Waals surface area contributed by atoms with Crippen LogP contribution in [-0.4, -0.2) is 18.6 Å². The van der Waals surface area contributed by atoms with Crippen molar-refractivity contribution < 1.29 is 18.3 Å². The third kappa shape index (κ3) is 3.15. The average Bonchev–Trinajstić information content (AvgIpc) is 2.15. The number of halogens is 3. The fourth-order valence-electron chi connectivity index (χ4n) is 1.06. The number of aliphatic hydroxyl groups is 1. The fraction of sp³-hybridized carbons (Fsp3) is 0.100. The minimum atomic E-state index is -4.40. The van der Waals surface area contributed by atoms with Crippen LogP contribution in [0.4, 0.5) is 13.2 Å². The van der Waals surface area contributed by atoms with Gasteiger partial charge in [0.2, 0.25) is 0 Å². The number of aliphatic hydroxyl groups excluding tert-OH is 1. The molecule has 0 heterocycles. The highest BCUT2D eigenvalue weighted by atomic mass is 19.4. The van der Waals surface area contributed by atoms with E-state index in [1.807, 2.05) is 0 Å². The van der Waals surface area contributed by atoms with Crippen molar-refractivity contribution in [3.8, 4) is 0 Å². The largest absolute Gasteiger partial charge is 0.507 e. The smallest absolute Gasteiger partial charge is 0.416 e. The summed E-state index contributed by atoms with van der Waals surface area (Å²) in [6.45, 7) is 0. The van der Waals surface area contributed by atoms with Crippen LogP contribution in [-0.2, 0) is 6.18 Å². The highest BCUT2D eigenvalue weighted by Crippen LogP contribution is 2.29. The molecule has 0 aliphatic rings. The molecule has 1 aromatic carbocycles. The van der Waals surface area contributed by atoms with E-state index in [2.05, 4.69) is 0 Å². The van der Waals surface area contributed by atoms with Crippen molar-refractivity contribution in [2.75, 3.05) is 0 Å². The SMILES string of the molecule is [B]C(=N)C=C(O)c1ccc(C(F)(F)F)cc1. The Morgan fingerprint density at radius 1 is 1.25 bits per heavy atom. The molecule has 0 spiro atoms. The van der Waals surface area contributed by atoms with Crippen molar-refractivity contribution in [1.82, 2.24) is 0 Å². The molecule has 0 amide bonds. The number of hydrogen-bond donors (Lipinski definition) is 2. The Bertz CT molecular complexity index is 423. The molecule has 16 heavy (non-hydrogen) atoms. The highest BCUT2D eigenvalue weighted by molar-refractivity contribution is 6.62. The molecule has 1 aromatic rings. The second-order valence-electron chi connectivity index (χ2n) is 3.06. The maximum absolute atomic E-state index is 12.2. The summed E-state index contributed by atoms with van der Waals surface area (Å²) in [6, 6.07) is 3.91. The first-order chi connectivity index (χ1) is 7.30. The summed E-state index contributed by atoms with van der Waals surface area (Å²) in [7, 11) is 5.00. The molecule has 2 nitrogen and oxygen atoms in total. The van der Waals surface area contributed by atoms with Crippen molar-refractivity contribution in [3.63, 3.8) is 0 Å². The first-order valence-electron chi connectivity index (χ1n) is 4.23. The van der Waals surface area contributed by atoms with Gasteiger partial charge in [-0.2, -0.15) is 13.2 Å². The third-order valence-electron chi connectivity index (χ3n) is 1.80. The van der Waals surface area contributed by atoms with Crippen LogP contribution in [0.15, 0.2) is 30.3 Å². The summed E-state index contributed by atoms with van der Waals surface area (Å²) in [6.07, 6.45) is -3.46. The lowest BCUT2D eigenvalue weighted by Gasteiger charge is -2.07. The monoisotopic (exact) mass is 225 g/mol. The zero-order valence-electron chi connectivity index (χ0n) is 8.05. The van der Waals surface area contributed by atoms with Crippen molar-refractivity contribution in [1.29, 1.82) is 5.41 Å². The maximum atomic E-state index is 12.2. The number of benzene rings is 1. The van der Waals surface area contributed by atoms with Gasteiger partial charge >= 0.3 is 6.18 Å². The maximum Gasteiger partial charge on any atom is 0.416 e. The van der Waals surface area contributed by atoms with Crippen LogP contribution in [0.2, 0.25) is 0 Å². The molecule has 0 aliphatic heterocycles. The van der Waals surface area contributed by atoms with Gasteiger partial charge in [-0.15, -0.1) is 0 Å². The number of rotatable bonds is 2. The lowest BCUT2D eigenvalue weighted by atomic mass is 9.99. The summed E-state index contributed by atoms with van der Waals surface area (Å²) >= 11 is 0. The van der Waals surface area contributed by atoms with Gasteiger partial charge in [0.1, 0.15) is 13.6 Å². The number of hydrogen-bond acceptors (Lipinski definition) is 2. The van der Waals surface area contributed by atoms with E-state index in [0.717, 1.165) is 30.3 Å². The Morgan fingerprint density at radius 3 is 2.12 bits per heavy atom. The Labute approximate surface area is 91.3 Å². The first-order valence-corrected chi connectivity index (χ1v) is 4.23. The number of alkyl halides is 3. The quantitative estimate of drug-likeness (QED) is 0.453. The van der Waals surface area contributed by atoms with Gasteiger partial charge in [-0.25, -0.2) is 0 Å². The van der Waals surface area contributed by atoms with Crippen molar-refractivity contribution >= 4 is 19.2 Å². The molecular formula is C10H7BF3NO. The van der Waals surface area contributed by atoms with E-state index < -0.39 is 11.7 Å². The molecule has 0 atom stereocenters. The van der Waals surface area contributed by atoms with Gasteiger partial charge in [-0.05, 0) is 23.8 Å². The molecule has 0 bridgehead atoms. The molecule has 2 N–H and O–H groups in total. The van der Waals surface area contributed by atoms with Crippen LogP contribution < -0.4 is 0 Å². The zero-order chi connectivity index (χ0) is 12.3. The predicted molar refractivity (Wildman–Crippen MR) is 55.5 cm³/mol. The van der Waals surface area contributed by atoms with Gasteiger partial charge in [0.05, 0.1) is 5.56 Å². The molecule has 6 heteroatoms. The van der Waals surface area contributed by atoms with Crippen LogP contribution in [0.5, 0.6) is 0 Å². The molecule has 0 fully saturated rings. The Morgan fingerprint density at radius 2 is 1.75 bits per heavy atom. The third-order valence-corrected chi connectivity index (χ3v) is 1.80. The summed E-state index contributed by atoms with van der Waals surface area (Å²) in [5.74, 6) is -0.346. The van der Waals surface area contributed by atoms with Gasteiger partial charge < -0.3 is 10.5 Å². The van der Waals surface area contributed by atoms with Crippen molar-refractivity contribution in [2.24, 2.45) is 0 Å². The Kier molecular flexibility index (Phi) is 3.42. The van der Waals surface area contributed by atoms with Gasteiger partial charge in [0.15, 0.2) is 0 Å². The van der Waals surface area contributed by atoms with E-state index in [-0.39, 0.29) is 16.9 Å². The predicted octanol–water partition coefficient (Wildman–Crippen LogP) is 2.75. The topological polar surface area (TPSA) is 44.1 Å². The normalized spacial score (nSPS) is 12.6. The molecule has 82 valence electrons. The minimum Gasteiger partial charge on any atom is -0.507 e. The molecule has 0 saturated carbocycles. The summed E-state index contributed by atoms with van der Waals surface area (Å²) < 4.78 is 36.6. The van der Waals surface area contributed by atoms with E-state index in [1.54, 1.807) is 0 Å². The molecule has 0 aliphatic carbocycles. The van der Waals surface area contributed by atoms with E-state index >= 15 is 0 Å². The molecular weight excluding hydrogens is 218 g/mol. The minimum absolute atomic E-state index is 0.170. The fourth-order valence-corrected chi connectivity index (χ4v) is 1.06. The second kappa shape index (κ2) is 4.43. The lowest BCUT2D eigenvalue weighted by Crippen LogP contribution is -2.04. The first kappa shape index (κ1) is 12.4. The van der Waals surface area contributed by atoms with Crippen LogP contribution in [0.1, 0.15) is 11.1 Å². The van der Waals surface area contributed by atoms with E-state index in [0.29, 0.717) is 0 Å². The molecule has 0 saturated heterocycles. The van der Waals surface area contributed by atoms with Crippen LogP contribution >= 0.6 is 0 Å². The van der Waals surface area contributed by atoms with Gasteiger partial charge in [-0.3, -0.25) is 0 Å². The molecule has 0 aromatic heterocycles. The Hall–Kier alpha value is -1.72. The average molecular weight is 225 g/mol. The second-order valence-corrected chi connectivity index (χ2v) is 3.06. The number of allylic oxidation sites excluding steroid dienone is 1. The van der Waals surface area contributed by atoms with Gasteiger partial charge in [0.25, 0.3) is 0 Å². The number of nitrogens with one attached hydrogen (secondary N) is 1. The molecule has 1 rings (SSSR count). The summed E-state index contributed by atoms with van der Waals surface area (Å²) in [5, 5.41) is 16.2. The van der Waals surface area contributed by atoms with E-state index in [9.17, 15) is 18.3 Å². The van der Waals surface area contributed by atoms with Crippen LogP contribution in [0.25, 0.3) is 5.76 Å². The van der Waals surface area contributed by atoms with E-state index in [1.165, 1.54) is 0 Å². The van der Waals surface area contributed by atoms with Crippen molar-refractivity contribution in [3.05, 3.63) is 41.5 Å². The van der Waals surface area contributed by atoms with E-state index in [4.69, 9.17) is 13.3 Å². The highest BCUT2D eigenvalue weighted by Gasteiger charge is 2.29. The zero-order valence-corrected chi connectivity index (χ0v) is 8.05. The summed E-state index contributed by atoms with van der Waals surface area (Å²) in [4.78, 5) is 0. The lowest BCUT2D eigenvalue weighted by molar-refractivity contribution is -0.137. The van der Waals surface area contributed by atoms with Crippen LogP contribution in [0, 0.1) is 5.41 Å². The van der Waals surface area contributed by atoms with Gasteiger partial charge in [0, 0.05) is 5.56 Å². The molecule has 0 unspecified atom stereocenters. The summed E-state index contributed by atoms with van der Waals surface area (Å²) in [5.41, 5.74) is -1.01. The Balaban J connectivity index is 3.00. The standard InChI is InChI=1S/C10H7BF3NO/c11-9(15)5-8(16)6-1-3-7(4-2-6)10(12,13)14/h1-5,15-16H. The van der Waals surface area contributed by atoms with Gasteiger partial charge in [-0.1, -0.05) is 12.1 Å². The van der Waals surface area contributed by atoms with Crippen molar-refractivity contribution in [2.45, 2.75) is 6.18 Å².